The molecular weight excluding hydrogens is 402 g/mol. The van der Waals surface area contributed by atoms with Crippen molar-refractivity contribution in [1.29, 1.82) is 0 Å². The summed E-state index contributed by atoms with van der Waals surface area (Å²) in [6.45, 7) is 0. The van der Waals surface area contributed by atoms with Crippen LogP contribution in [-0.4, -0.2) is 35.2 Å². The van der Waals surface area contributed by atoms with Crippen LogP contribution in [0.3, 0.4) is 0 Å². The second-order valence-electron chi connectivity index (χ2n) is 8.89. The highest BCUT2D eigenvalue weighted by molar-refractivity contribution is 5.63. The van der Waals surface area contributed by atoms with Crippen LogP contribution in [0.5, 0.6) is 0 Å². The molecule has 0 aliphatic rings. The molecule has 0 aliphatic heterocycles. The van der Waals surface area contributed by atoms with Crippen molar-refractivity contribution in [2.24, 2.45) is 0 Å². The maximum Gasteiger partial charge on any atom is 0.0408 e. The fraction of sp³-hybridized carbons (Fsp3) is 0.200. The first-order chi connectivity index (χ1) is 15.9. The Morgan fingerprint density at radius 1 is 0.394 bits per heavy atom. The zero-order valence-electron chi connectivity index (χ0n) is 20.2. The predicted molar refractivity (Wildman–Crippen MR) is 143 cm³/mol. The second-order valence-corrected chi connectivity index (χ2v) is 8.89. The summed E-state index contributed by atoms with van der Waals surface area (Å²) in [5.74, 6) is 0.175. The minimum atomic E-state index is 0.175. The Hall–Kier alpha value is -3.72. The lowest BCUT2D eigenvalue weighted by atomic mass is 9.85. The van der Waals surface area contributed by atoms with Gasteiger partial charge in [0.25, 0.3) is 0 Å². The first kappa shape index (κ1) is 22.5. The number of para-hydroxylation sites is 1. The predicted octanol–water partition coefficient (Wildman–Crippen LogP) is 6.77. The Balaban J connectivity index is 1.71. The molecule has 33 heavy (non-hydrogen) atoms. The summed E-state index contributed by atoms with van der Waals surface area (Å²) < 4.78 is 0. The number of hydrogen-bond acceptors (Lipinski definition) is 3. The van der Waals surface area contributed by atoms with E-state index >= 15 is 0 Å². The molecular formula is C30H33N3. The Labute approximate surface area is 198 Å². The lowest BCUT2D eigenvalue weighted by molar-refractivity contribution is 0.972. The molecule has 0 amide bonds. The van der Waals surface area contributed by atoms with Crippen LogP contribution in [0.25, 0.3) is 0 Å². The van der Waals surface area contributed by atoms with Crippen molar-refractivity contribution in [3.05, 3.63) is 120 Å². The lowest BCUT2D eigenvalue weighted by Gasteiger charge is -2.23. The number of benzene rings is 4. The van der Waals surface area contributed by atoms with Crippen LogP contribution in [0.15, 0.2) is 103 Å². The van der Waals surface area contributed by atoms with Gasteiger partial charge in [-0.25, -0.2) is 0 Å². The monoisotopic (exact) mass is 435 g/mol. The number of rotatable bonds is 7. The average molecular weight is 436 g/mol. The molecule has 0 fully saturated rings. The summed E-state index contributed by atoms with van der Waals surface area (Å²) in [7, 11) is 10.4. The summed E-state index contributed by atoms with van der Waals surface area (Å²) in [5.41, 5.74) is 8.65. The first-order valence-corrected chi connectivity index (χ1v) is 11.4. The van der Waals surface area contributed by atoms with E-state index in [4.69, 9.17) is 0 Å². The van der Waals surface area contributed by atoms with Crippen LogP contribution in [-0.2, 0) is 0 Å². The molecule has 3 heteroatoms. The molecule has 0 bridgehead atoms. The van der Waals surface area contributed by atoms with Gasteiger partial charge in [0.05, 0.1) is 0 Å². The normalized spacial score (nSPS) is 10.8. The lowest BCUT2D eigenvalue weighted by Crippen LogP contribution is -2.11. The van der Waals surface area contributed by atoms with Gasteiger partial charge in [0, 0.05) is 63.9 Å². The molecule has 0 radical (unpaired) electrons. The molecule has 0 aliphatic carbocycles. The van der Waals surface area contributed by atoms with E-state index in [9.17, 15) is 0 Å². The molecule has 0 unspecified atom stereocenters. The van der Waals surface area contributed by atoms with E-state index in [1.54, 1.807) is 0 Å². The molecule has 0 saturated heterocycles. The van der Waals surface area contributed by atoms with Gasteiger partial charge in [0.2, 0.25) is 0 Å². The maximum absolute atomic E-state index is 2.26. The molecule has 168 valence electrons. The first-order valence-electron chi connectivity index (χ1n) is 11.4. The molecule has 0 atom stereocenters. The quantitative estimate of drug-likeness (QED) is 0.297. The van der Waals surface area contributed by atoms with Crippen molar-refractivity contribution in [2.45, 2.75) is 5.92 Å². The van der Waals surface area contributed by atoms with Gasteiger partial charge in [0.15, 0.2) is 0 Å². The van der Waals surface area contributed by atoms with E-state index < -0.39 is 0 Å². The van der Waals surface area contributed by atoms with Crippen molar-refractivity contribution in [2.75, 3.05) is 49.9 Å². The summed E-state index contributed by atoms with van der Waals surface area (Å²) in [5, 5.41) is 0. The van der Waals surface area contributed by atoms with Crippen molar-refractivity contribution in [3.63, 3.8) is 0 Å². The molecule has 0 saturated carbocycles. The second kappa shape index (κ2) is 9.83. The van der Waals surface area contributed by atoms with Gasteiger partial charge < -0.3 is 14.7 Å². The maximum atomic E-state index is 2.26. The van der Waals surface area contributed by atoms with Gasteiger partial charge >= 0.3 is 0 Å². The SMILES string of the molecule is CN(C)c1ccc(C(c2ccc(N(C)C)cc2)c2ccc(N(C)c3ccccc3)cc2)cc1. The molecule has 4 rings (SSSR count). The van der Waals surface area contributed by atoms with Crippen molar-refractivity contribution in [1.82, 2.24) is 0 Å². The average Bonchev–Trinajstić information content (AvgIpc) is 2.85. The van der Waals surface area contributed by atoms with Crippen molar-refractivity contribution >= 4 is 22.7 Å². The van der Waals surface area contributed by atoms with Gasteiger partial charge in [-0.05, 0) is 65.2 Å². The summed E-state index contributed by atoms with van der Waals surface area (Å²) in [6, 6.07) is 37.3. The van der Waals surface area contributed by atoms with E-state index in [-0.39, 0.29) is 5.92 Å². The smallest absolute Gasteiger partial charge is 0.0408 e. The Morgan fingerprint density at radius 2 is 0.727 bits per heavy atom. The molecule has 0 aromatic heterocycles. The van der Waals surface area contributed by atoms with Gasteiger partial charge in [-0.3, -0.25) is 0 Å². The van der Waals surface area contributed by atoms with Gasteiger partial charge in [0.1, 0.15) is 0 Å². The minimum absolute atomic E-state index is 0.175. The molecule has 0 heterocycles. The van der Waals surface area contributed by atoms with E-state index in [2.05, 4.69) is 147 Å². The van der Waals surface area contributed by atoms with Crippen molar-refractivity contribution < 1.29 is 0 Å². The van der Waals surface area contributed by atoms with Crippen LogP contribution >= 0.6 is 0 Å². The highest BCUT2D eigenvalue weighted by atomic mass is 15.1. The zero-order valence-corrected chi connectivity index (χ0v) is 20.2. The fourth-order valence-electron chi connectivity index (χ4n) is 4.20. The Morgan fingerprint density at radius 3 is 1.09 bits per heavy atom. The van der Waals surface area contributed by atoms with E-state index in [0.29, 0.717) is 0 Å². The van der Waals surface area contributed by atoms with Gasteiger partial charge in [-0.1, -0.05) is 54.6 Å². The van der Waals surface area contributed by atoms with Gasteiger partial charge in [-0.15, -0.1) is 0 Å². The van der Waals surface area contributed by atoms with Crippen LogP contribution < -0.4 is 14.7 Å². The van der Waals surface area contributed by atoms with Gasteiger partial charge in [-0.2, -0.15) is 0 Å². The largest absolute Gasteiger partial charge is 0.378 e. The highest BCUT2D eigenvalue weighted by Gasteiger charge is 2.18. The number of nitrogens with zero attached hydrogens (tertiary/aromatic N) is 3. The summed E-state index contributed by atoms with van der Waals surface area (Å²) in [4.78, 5) is 6.49. The molecule has 0 N–H and O–H groups in total. The number of anilines is 4. The Kier molecular flexibility index (Phi) is 6.69. The van der Waals surface area contributed by atoms with Crippen LogP contribution in [0.4, 0.5) is 22.7 Å². The molecule has 4 aromatic carbocycles. The zero-order chi connectivity index (χ0) is 23.4. The Bertz CT molecular complexity index is 1090. The summed E-state index contributed by atoms with van der Waals surface area (Å²) in [6.07, 6.45) is 0. The third-order valence-electron chi connectivity index (χ3n) is 6.24. The number of hydrogen-bond donors (Lipinski definition) is 0. The molecule has 4 aromatic rings. The van der Waals surface area contributed by atoms with E-state index in [0.717, 1.165) is 0 Å². The minimum Gasteiger partial charge on any atom is -0.378 e. The molecule has 0 spiro atoms. The van der Waals surface area contributed by atoms with E-state index in [1.807, 2.05) is 6.07 Å². The van der Waals surface area contributed by atoms with E-state index in [1.165, 1.54) is 39.4 Å². The molecule has 3 nitrogen and oxygen atoms in total. The third kappa shape index (κ3) is 5.04. The van der Waals surface area contributed by atoms with Crippen molar-refractivity contribution in [3.8, 4) is 0 Å². The highest BCUT2D eigenvalue weighted by Crippen LogP contribution is 2.35. The summed E-state index contributed by atoms with van der Waals surface area (Å²) >= 11 is 0. The fourth-order valence-corrected chi connectivity index (χ4v) is 4.20. The topological polar surface area (TPSA) is 9.72 Å². The van der Waals surface area contributed by atoms with Crippen LogP contribution in [0.2, 0.25) is 0 Å². The third-order valence-corrected chi connectivity index (χ3v) is 6.24. The van der Waals surface area contributed by atoms with Crippen LogP contribution in [0, 0.1) is 0 Å². The van der Waals surface area contributed by atoms with Crippen LogP contribution in [0.1, 0.15) is 22.6 Å². The standard InChI is InChI=1S/C30H33N3/c1-31(2)26-17-11-23(12-18-26)30(24-13-19-27(20-14-24)32(3)4)25-15-21-29(22-16-25)33(5)28-9-7-6-8-10-28/h6-22,30H,1-5H3.